The van der Waals surface area contributed by atoms with E-state index in [2.05, 4.69) is 21.1 Å². The number of aryl methyl sites for hydroxylation is 1. The maximum atomic E-state index is 14.0. The average Bonchev–Trinajstić information content (AvgIpc) is 3.51. The minimum atomic E-state index is -1.39. The van der Waals surface area contributed by atoms with Gasteiger partial charge in [0.1, 0.15) is 24.1 Å². The molecule has 1 aliphatic heterocycles. The van der Waals surface area contributed by atoms with Crippen LogP contribution >= 0.6 is 0 Å². The zero-order chi connectivity index (χ0) is 25.4. The van der Waals surface area contributed by atoms with Gasteiger partial charge in [0.15, 0.2) is 11.5 Å². The lowest BCUT2D eigenvalue weighted by Crippen LogP contribution is -2.35. The lowest BCUT2D eigenvalue weighted by Gasteiger charge is -2.27. The maximum Gasteiger partial charge on any atom is 0.341 e. The average molecular weight is 489 g/mol. The minimum Gasteiger partial charge on any atom is -0.477 e. The van der Waals surface area contributed by atoms with E-state index in [1.807, 2.05) is 4.90 Å². The number of pyridine rings is 3. The van der Waals surface area contributed by atoms with Gasteiger partial charge in [-0.15, -0.1) is 0 Å². The van der Waals surface area contributed by atoms with Crippen LogP contribution in [0.5, 0.6) is 5.88 Å². The molecule has 1 N–H and O–H groups in total. The standard InChI is InChI=1S/C24H20FN7O4/c1-30-11-16(10-28-30)32-12-18(24(34)35)20(33)17-8-14(9-26)21(29-22(17)32)31-7-3-4-15(31)13-36-23-19(25)5-2-6-27-23/h2,5-6,8,10-12,15H,3-4,7,13H2,1H3,(H,34,35)/t15-/m1/s1. The number of anilines is 1. The fourth-order valence-corrected chi connectivity index (χ4v) is 4.36. The number of carboxylic acid groups (broad SMARTS) is 1. The summed E-state index contributed by atoms with van der Waals surface area (Å²) in [6, 6.07) is 5.96. The molecule has 0 bridgehead atoms. The number of rotatable bonds is 6. The normalized spacial score (nSPS) is 15.2. The minimum absolute atomic E-state index is 0.00149. The van der Waals surface area contributed by atoms with Crippen molar-refractivity contribution in [3.8, 4) is 17.6 Å². The van der Waals surface area contributed by atoms with E-state index in [9.17, 15) is 24.3 Å². The van der Waals surface area contributed by atoms with Gasteiger partial charge < -0.3 is 14.7 Å². The van der Waals surface area contributed by atoms with Gasteiger partial charge in [-0.2, -0.15) is 10.4 Å². The molecule has 12 heteroatoms. The molecule has 5 heterocycles. The molecule has 0 spiro atoms. The number of aromatic carboxylic acids is 1. The Bertz CT molecular complexity index is 1590. The second-order valence-corrected chi connectivity index (χ2v) is 8.35. The molecule has 182 valence electrons. The third-order valence-electron chi connectivity index (χ3n) is 6.06. The Hall–Kier alpha value is -4.79. The Labute approximate surface area is 203 Å². The predicted octanol–water partition coefficient (Wildman–Crippen LogP) is 2.27. The summed E-state index contributed by atoms with van der Waals surface area (Å²) in [6.07, 6.45) is 7.32. The molecule has 1 saturated heterocycles. The van der Waals surface area contributed by atoms with E-state index in [1.165, 1.54) is 46.0 Å². The molecule has 0 saturated carbocycles. The van der Waals surface area contributed by atoms with Crippen molar-refractivity contribution in [3.63, 3.8) is 0 Å². The highest BCUT2D eigenvalue weighted by Gasteiger charge is 2.30. The van der Waals surface area contributed by atoms with Gasteiger partial charge >= 0.3 is 5.97 Å². The van der Waals surface area contributed by atoms with Crippen LogP contribution in [0.25, 0.3) is 16.7 Å². The van der Waals surface area contributed by atoms with Crippen molar-refractivity contribution in [2.24, 2.45) is 7.05 Å². The van der Waals surface area contributed by atoms with Crippen molar-refractivity contribution in [1.29, 1.82) is 5.26 Å². The zero-order valence-corrected chi connectivity index (χ0v) is 19.1. The number of fused-ring (bicyclic) bond motifs is 1. The van der Waals surface area contributed by atoms with Gasteiger partial charge in [-0.05, 0) is 31.0 Å². The largest absolute Gasteiger partial charge is 0.477 e. The van der Waals surface area contributed by atoms with Gasteiger partial charge in [0.05, 0.1) is 28.9 Å². The third kappa shape index (κ3) is 4.00. The van der Waals surface area contributed by atoms with Crippen molar-refractivity contribution in [1.82, 2.24) is 24.3 Å². The van der Waals surface area contributed by atoms with Crippen LogP contribution in [-0.2, 0) is 7.05 Å². The summed E-state index contributed by atoms with van der Waals surface area (Å²) in [5, 5.41) is 23.6. The fraction of sp³-hybridized carbons (Fsp3) is 0.250. The molecule has 0 aromatic carbocycles. The Morgan fingerprint density at radius 2 is 2.22 bits per heavy atom. The Morgan fingerprint density at radius 1 is 1.39 bits per heavy atom. The van der Waals surface area contributed by atoms with Crippen molar-refractivity contribution in [2.75, 3.05) is 18.1 Å². The highest BCUT2D eigenvalue weighted by molar-refractivity contribution is 5.93. The number of nitriles is 1. The highest BCUT2D eigenvalue weighted by Crippen LogP contribution is 2.30. The Morgan fingerprint density at radius 3 is 2.92 bits per heavy atom. The number of ether oxygens (including phenoxy) is 1. The van der Waals surface area contributed by atoms with Crippen LogP contribution in [0.15, 0.2) is 47.8 Å². The van der Waals surface area contributed by atoms with Crippen LogP contribution in [0.4, 0.5) is 10.2 Å². The smallest absolute Gasteiger partial charge is 0.341 e. The number of nitrogens with zero attached hydrogens (tertiary/aromatic N) is 7. The van der Waals surface area contributed by atoms with Crippen LogP contribution < -0.4 is 15.1 Å². The van der Waals surface area contributed by atoms with E-state index in [0.717, 1.165) is 6.42 Å². The number of aromatic nitrogens is 5. The fourth-order valence-electron chi connectivity index (χ4n) is 4.36. The van der Waals surface area contributed by atoms with Crippen LogP contribution in [-0.4, -0.2) is 54.6 Å². The lowest BCUT2D eigenvalue weighted by molar-refractivity contribution is 0.0695. The van der Waals surface area contributed by atoms with E-state index in [-0.39, 0.29) is 35.1 Å². The predicted molar refractivity (Wildman–Crippen MR) is 126 cm³/mol. The quantitative estimate of drug-likeness (QED) is 0.432. The van der Waals surface area contributed by atoms with Gasteiger partial charge in [0.2, 0.25) is 11.3 Å². The van der Waals surface area contributed by atoms with Gasteiger partial charge in [0.25, 0.3) is 0 Å². The molecule has 0 unspecified atom stereocenters. The molecule has 0 amide bonds. The molecule has 5 rings (SSSR count). The first-order valence-electron chi connectivity index (χ1n) is 11.1. The molecule has 36 heavy (non-hydrogen) atoms. The molecular formula is C24H20FN7O4. The summed E-state index contributed by atoms with van der Waals surface area (Å²) in [6.45, 7) is 0.683. The van der Waals surface area contributed by atoms with E-state index in [0.29, 0.717) is 24.5 Å². The second kappa shape index (κ2) is 9.10. The summed E-state index contributed by atoms with van der Waals surface area (Å²) in [5.41, 5.74) is -0.375. The van der Waals surface area contributed by atoms with Gasteiger partial charge in [-0.25, -0.2) is 19.2 Å². The molecular weight excluding hydrogens is 469 g/mol. The molecule has 0 aliphatic carbocycles. The molecule has 1 atom stereocenters. The van der Waals surface area contributed by atoms with Crippen LogP contribution in [0.1, 0.15) is 28.8 Å². The number of hydrogen-bond donors (Lipinski definition) is 1. The molecule has 4 aromatic rings. The maximum absolute atomic E-state index is 14.0. The summed E-state index contributed by atoms with van der Waals surface area (Å²) in [4.78, 5) is 35.2. The summed E-state index contributed by atoms with van der Waals surface area (Å²) < 4.78 is 22.6. The first-order chi connectivity index (χ1) is 17.4. The number of halogens is 1. The molecule has 11 nitrogen and oxygen atoms in total. The van der Waals surface area contributed by atoms with E-state index in [1.54, 1.807) is 13.2 Å². The highest BCUT2D eigenvalue weighted by atomic mass is 19.1. The molecule has 1 aliphatic rings. The van der Waals surface area contributed by atoms with E-state index >= 15 is 0 Å². The lowest BCUT2D eigenvalue weighted by atomic mass is 10.1. The van der Waals surface area contributed by atoms with Gasteiger partial charge in [-0.1, -0.05) is 0 Å². The summed E-state index contributed by atoms with van der Waals surface area (Å²) in [5.74, 6) is -1.74. The van der Waals surface area contributed by atoms with Crippen molar-refractivity contribution in [3.05, 3.63) is 70.2 Å². The van der Waals surface area contributed by atoms with Crippen LogP contribution in [0.3, 0.4) is 0 Å². The Kier molecular flexibility index (Phi) is 5.81. The van der Waals surface area contributed by atoms with Crippen LogP contribution in [0, 0.1) is 17.1 Å². The van der Waals surface area contributed by atoms with Gasteiger partial charge in [-0.3, -0.25) is 14.0 Å². The van der Waals surface area contributed by atoms with Gasteiger partial charge in [0, 0.05) is 32.2 Å². The van der Waals surface area contributed by atoms with Crippen molar-refractivity contribution < 1.29 is 19.0 Å². The van der Waals surface area contributed by atoms with Crippen LogP contribution in [0.2, 0.25) is 0 Å². The monoisotopic (exact) mass is 489 g/mol. The third-order valence-corrected chi connectivity index (χ3v) is 6.06. The van der Waals surface area contributed by atoms with Crippen molar-refractivity contribution >= 4 is 22.8 Å². The second-order valence-electron chi connectivity index (χ2n) is 8.35. The zero-order valence-electron chi connectivity index (χ0n) is 19.1. The number of hydrogen-bond acceptors (Lipinski definition) is 8. The summed E-state index contributed by atoms with van der Waals surface area (Å²) >= 11 is 0. The Balaban J connectivity index is 1.62. The summed E-state index contributed by atoms with van der Waals surface area (Å²) in [7, 11) is 1.71. The molecule has 4 aromatic heterocycles. The van der Waals surface area contributed by atoms with Crippen molar-refractivity contribution in [2.45, 2.75) is 18.9 Å². The topological polar surface area (TPSA) is 139 Å². The first kappa shape index (κ1) is 23.0. The number of carbonyl (C=O) groups is 1. The SMILES string of the molecule is Cn1cc(-n2cc(C(=O)O)c(=O)c3cc(C#N)c(N4CCC[C@@H]4COc4ncccc4F)nc32)cn1. The molecule has 1 fully saturated rings. The first-order valence-corrected chi connectivity index (χ1v) is 11.1. The van der Waals surface area contributed by atoms with E-state index < -0.39 is 22.8 Å². The number of carboxylic acids is 1. The molecule has 0 radical (unpaired) electrons. The van der Waals surface area contributed by atoms with E-state index in [4.69, 9.17) is 4.74 Å².